The number of para-hydroxylation sites is 2. The zero-order valence-electron chi connectivity index (χ0n) is 16.8. The minimum absolute atomic E-state index is 0.0576. The number of nitrogens with zero attached hydrogens (tertiary/aromatic N) is 4. The van der Waals surface area contributed by atoms with Gasteiger partial charge in [-0.1, -0.05) is 24.3 Å². The second kappa shape index (κ2) is 9.75. The standard InChI is InChI=1S/C21H23N5O4/c1-15(2)30-13-7-12-25-20(27)17-9-4-5-10-18(17)23-21(25)24-22-14-16-8-3-6-11-19(16)26(28)29/h3-6,8-11,14-15H,7,12-13H2,1-2H3,(H,23,24)/b22-14-. The summed E-state index contributed by atoms with van der Waals surface area (Å²) in [5.74, 6) is 0.262. The van der Waals surface area contributed by atoms with Gasteiger partial charge in [0.2, 0.25) is 5.95 Å². The molecule has 1 N–H and O–H groups in total. The largest absolute Gasteiger partial charge is 0.379 e. The number of anilines is 1. The van der Waals surface area contributed by atoms with Crippen LogP contribution in [0.3, 0.4) is 0 Å². The monoisotopic (exact) mass is 409 g/mol. The van der Waals surface area contributed by atoms with Crippen LogP contribution in [-0.4, -0.2) is 33.4 Å². The second-order valence-electron chi connectivity index (χ2n) is 6.87. The molecule has 0 aliphatic rings. The van der Waals surface area contributed by atoms with Crippen molar-refractivity contribution in [3.8, 4) is 0 Å². The van der Waals surface area contributed by atoms with E-state index in [9.17, 15) is 14.9 Å². The molecule has 0 bridgehead atoms. The number of aromatic nitrogens is 2. The minimum Gasteiger partial charge on any atom is -0.379 e. The van der Waals surface area contributed by atoms with Gasteiger partial charge in [0.1, 0.15) is 0 Å². The van der Waals surface area contributed by atoms with Gasteiger partial charge in [0.05, 0.1) is 33.7 Å². The molecule has 0 atom stereocenters. The fourth-order valence-electron chi connectivity index (χ4n) is 2.93. The van der Waals surface area contributed by atoms with E-state index in [4.69, 9.17) is 4.74 Å². The highest BCUT2D eigenvalue weighted by Gasteiger charge is 2.12. The Labute approximate surface area is 173 Å². The fraction of sp³-hybridized carbons (Fsp3) is 0.286. The highest BCUT2D eigenvalue weighted by atomic mass is 16.6. The highest BCUT2D eigenvalue weighted by Crippen LogP contribution is 2.16. The van der Waals surface area contributed by atoms with Crippen LogP contribution >= 0.6 is 0 Å². The average molecular weight is 409 g/mol. The summed E-state index contributed by atoms with van der Waals surface area (Å²) in [6.45, 7) is 4.81. The number of nitro groups is 1. The molecule has 0 aliphatic carbocycles. The third-order valence-electron chi connectivity index (χ3n) is 4.34. The molecule has 0 aliphatic heterocycles. The molecule has 30 heavy (non-hydrogen) atoms. The SMILES string of the molecule is CC(C)OCCCn1c(N/N=C\c2ccccc2[N+](=O)[O-])nc2ccccc2c1=O. The zero-order valence-corrected chi connectivity index (χ0v) is 16.8. The molecule has 9 heteroatoms. The van der Waals surface area contributed by atoms with Crippen molar-refractivity contribution in [1.82, 2.24) is 9.55 Å². The van der Waals surface area contributed by atoms with E-state index in [0.717, 1.165) is 0 Å². The van der Waals surface area contributed by atoms with Gasteiger partial charge in [-0.2, -0.15) is 5.10 Å². The normalized spacial score (nSPS) is 11.4. The molecule has 0 spiro atoms. The Balaban J connectivity index is 1.89. The lowest BCUT2D eigenvalue weighted by atomic mass is 10.2. The Hall–Kier alpha value is -3.59. The van der Waals surface area contributed by atoms with Crippen molar-refractivity contribution in [2.45, 2.75) is 32.9 Å². The molecule has 3 aromatic rings. The number of ether oxygens (including phenoxy) is 1. The molecule has 0 unspecified atom stereocenters. The van der Waals surface area contributed by atoms with Crippen LogP contribution < -0.4 is 11.0 Å². The molecule has 0 saturated heterocycles. The third-order valence-corrected chi connectivity index (χ3v) is 4.34. The number of hydrogen-bond donors (Lipinski definition) is 1. The summed E-state index contributed by atoms with van der Waals surface area (Å²) in [5.41, 5.74) is 3.41. The predicted octanol–water partition coefficient (Wildman–Crippen LogP) is 3.57. The quantitative estimate of drug-likeness (QED) is 0.250. The van der Waals surface area contributed by atoms with Crippen molar-refractivity contribution >= 4 is 28.8 Å². The molecule has 0 amide bonds. The maximum absolute atomic E-state index is 13.0. The van der Waals surface area contributed by atoms with E-state index in [-0.39, 0.29) is 23.3 Å². The Morgan fingerprint density at radius 2 is 1.97 bits per heavy atom. The van der Waals surface area contributed by atoms with Crippen LogP contribution in [0.15, 0.2) is 58.4 Å². The van der Waals surface area contributed by atoms with E-state index < -0.39 is 4.92 Å². The molecular formula is C21H23N5O4. The van der Waals surface area contributed by atoms with E-state index in [1.807, 2.05) is 13.8 Å². The number of rotatable bonds is 9. The van der Waals surface area contributed by atoms with E-state index in [0.29, 0.717) is 36.0 Å². The van der Waals surface area contributed by atoms with Gasteiger partial charge in [-0.15, -0.1) is 0 Å². The van der Waals surface area contributed by atoms with E-state index in [1.54, 1.807) is 42.5 Å². The van der Waals surface area contributed by atoms with Crippen molar-refractivity contribution in [3.63, 3.8) is 0 Å². The van der Waals surface area contributed by atoms with Crippen molar-refractivity contribution < 1.29 is 9.66 Å². The summed E-state index contributed by atoms with van der Waals surface area (Å²) >= 11 is 0. The van der Waals surface area contributed by atoms with Gasteiger partial charge in [-0.25, -0.2) is 10.4 Å². The lowest BCUT2D eigenvalue weighted by molar-refractivity contribution is -0.385. The van der Waals surface area contributed by atoms with Gasteiger partial charge in [0.15, 0.2) is 0 Å². The van der Waals surface area contributed by atoms with Crippen molar-refractivity contribution in [1.29, 1.82) is 0 Å². The number of fused-ring (bicyclic) bond motifs is 1. The number of hydrazone groups is 1. The maximum atomic E-state index is 13.0. The van der Waals surface area contributed by atoms with E-state index in [2.05, 4.69) is 15.5 Å². The smallest absolute Gasteiger partial charge is 0.278 e. The van der Waals surface area contributed by atoms with Crippen molar-refractivity contribution in [2.24, 2.45) is 5.10 Å². The third kappa shape index (κ3) is 5.06. The molecule has 0 radical (unpaired) electrons. The number of nitrogens with one attached hydrogen (secondary N) is 1. The molecular weight excluding hydrogens is 386 g/mol. The van der Waals surface area contributed by atoms with Gasteiger partial charge in [0.25, 0.3) is 11.2 Å². The zero-order chi connectivity index (χ0) is 21.5. The summed E-state index contributed by atoms with van der Waals surface area (Å²) in [6.07, 6.45) is 2.08. The van der Waals surface area contributed by atoms with Crippen molar-refractivity contribution in [3.05, 3.63) is 74.6 Å². The minimum atomic E-state index is -0.472. The van der Waals surface area contributed by atoms with Gasteiger partial charge < -0.3 is 4.74 Å². The Bertz CT molecular complexity index is 1120. The molecule has 156 valence electrons. The Morgan fingerprint density at radius 3 is 2.73 bits per heavy atom. The van der Waals surface area contributed by atoms with Crippen LogP contribution in [0.5, 0.6) is 0 Å². The topological polar surface area (TPSA) is 112 Å². The second-order valence-corrected chi connectivity index (χ2v) is 6.87. The van der Waals surface area contributed by atoms with Crippen molar-refractivity contribution in [2.75, 3.05) is 12.0 Å². The van der Waals surface area contributed by atoms with Crippen LogP contribution in [-0.2, 0) is 11.3 Å². The van der Waals surface area contributed by atoms with Crippen LogP contribution in [0.1, 0.15) is 25.8 Å². The van der Waals surface area contributed by atoms with Crippen LogP contribution in [0.4, 0.5) is 11.6 Å². The molecule has 1 heterocycles. The predicted molar refractivity (Wildman–Crippen MR) is 116 cm³/mol. The molecule has 2 aromatic carbocycles. The first-order valence-corrected chi connectivity index (χ1v) is 9.61. The summed E-state index contributed by atoms with van der Waals surface area (Å²) < 4.78 is 7.06. The first-order valence-electron chi connectivity index (χ1n) is 9.61. The first kappa shape index (κ1) is 21.1. The summed E-state index contributed by atoms with van der Waals surface area (Å²) in [5, 5.41) is 15.7. The molecule has 9 nitrogen and oxygen atoms in total. The summed E-state index contributed by atoms with van der Waals surface area (Å²) in [4.78, 5) is 28.1. The Morgan fingerprint density at radius 1 is 1.23 bits per heavy atom. The van der Waals surface area contributed by atoms with E-state index >= 15 is 0 Å². The number of benzene rings is 2. The van der Waals surface area contributed by atoms with Crippen LogP contribution in [0.25, 0.3) is 10.9 Å². The maximum Gasteiger partial charge on any atom is 0.278 e. The Kier molecular flexibility index (Phi) is 6.87. The fourth-order valence-corrected chi connectivity index (χ4v) is 2.93. The summed E-state index contributed by atoms with van der Waals surface area (Å²) in [7, 11) is 0. The summed E-state index contributed by atoms with van der Waals surface area (Å²) in [6, 6.07) is 13.3. The van der Waals surface area contributed by atoms with Gasteiger partial charge in [-0.3, -0.25) is 19.5 Å². The average Bonchev–Trinajstić information content (AvgIpc) is 2.73. The lowest BCUT2D eigenvalue weighted by Gasteiger charge is -2.13. The first-order chi connectivity index (χ1) is 14.5. The number of nitro benzene ring substituents is 1. The molecule has 0 fully saturated rings. The number of hydrogen-bond acceptors (Lipinski definition) is 7. The van der Waals surface area contributed by atoms with Gasteiger partial charge >= 0.3 is 0 Å². The lowest BCUT2D eigenvalue weighted by Crippen LogP contribution is -2.25. The molecule has 0 saturated carbocycles. The van der Waals surface area contributed by atoms with Gasteiger partial charge in [-0.05, 0) is 38.5 Å². The van der Waals surface area contributed by atoms with Gasteiger partial charge in [0, 0.05) is 19.2 Å². The molecule has 1 aromatic heterocycles. The van der Waals surface area contributed by atoms with E-state index in [1.165, 1.54) is 16.8 Å². The highest BCUT2D eigenvalue weighted by molar-refractivity contribution is 5.85. The van der Waals surface area contributed by atoms with Crippen LogP contribution in [0.2, 0.25) is 0 Å². The van der Waals surface area contributed by atoms with Crippen LogP contribution in [0, 0.1) is 10.1 Å². The molecule has 3 rings (SSSR count).